The van der Waals surface area contributed by atoms with Crippen molar-refractivity contribution in [3.05, 3.63) is 70.4 Å². The quantitative estimate of drug-likeness (QED) is 0.495. The van der Waals surface area contributed by atoms with Gasteiger partial charge >= 0.3 is 0 Å². The summed E-state index contributed by atoms with van der Waals surface area (Å²) in [6.07, 6.45) is 0.663. The normalized spacial score (nSPS) is 11.6. The lowest BCUT2D eigenvalue weighted by Crippen LogP contribution is -2.02. The molecule has 1 aromatic heterocycles. The van der Waals surface area contributed by atoms with E-state index in [0.717, 1.165) is 0 Å². The molecule has 1 N–H and O–H groups in total. The molecule has 1 heterocycles. The maximum atomic E-state index is 10.2. The fourth-order valence-corrected chi connectivity index (χ4v) is 1.55. The molecule has 17 heavy (non-hydrogen) atoms. The van der Waals surface area contributed by atoms with Crippen LogP contribution in [0.4, 0.5) is 5.69 Å². The van der Waals surface area contributed by atoms with Gasteiger partial charge in [0.15, 0.2) is 0 Å². The highest BCUT2D eigenvalue weighted by molar-refractivity contribution is 5.45. The molecule has 5 heteroatoms. The highest BCUT2D eigenvalue weighted by Gasteiger charge is 2.14. The molecule has 0 aliphatic heterocycles. The molecule has 2 aromatic rings. The van der Waals surface area contributed by atoms with Crippen LogP contribution in [0.1, 0.15) is 17.4 Å². The summed E-state index contributed by atoms with van der Waals surface area (Å²) in [5, 5.41) is 13.7. The molecule has 0 aliphatic carbocycles. The van der Waals surface area contributed by atoms with Crippen molar-refractivity contribution in [2.24, 2.45) is 5.11 Å². The Balaban J connectivity index is 2.44. The summed E-state index contributed by atoms with van der Waals surface area (Å²) in [7, 11) is 0. The van der Waals surface area contributed by atoms with E-state index in [2.05, 4.69) is 15.0 Å². The summed E-state index contributed by atoms with van der Waals surface area (Å²) in [6, 6.07) is 12.4. The molecule has 0 radical (unpaired) electrons. The molecule has 0 bridgehead atoms. The SMILES string of the molecule is [N-]=[N+]=Nc1cccnc1C(O)c1ccccc1. The summed E-state index contributed by atoms with van der Waals surface area (Å²) in [5.41, 5.74) is 9.85. The molecule has 1 aromatic carbocycles. The van der Waals surface area contributed by atoms with Crippen LogP contribution < -0.4 is 0 Å². The van der Waals surface area contributed by atoms with Gasteiger partial charge in [0.2, 0.25) is 0 Å². The Morgan fingerprint density at radius 3 is 2.65 bits per heavy atom. The van der Waals surface area contributed by atoms with Crippen molar-refractivity contribution in [3.8, 4) is 0 Å². The Kier molecular flexibility index (Phi) is 3.35. The highest BCUT2D eigenvalue weighted by Crippen LogP contribution is 2.27. The predicted molar refractivity (Wildman–Crippen MR) is 63.5 cm³/mol. The van der Waals surface area contributed by atoms with Crippen LogP contribution >= 0.6 is 0 Å². The van der Waals surface area contributed by atoms with Crippen LogP contribution in [0.15, 0.2) is 53.8 Å². The molecule has 1 unspecified atom stereocenters. The molecule has 84 valence electrons. The summed E-state index contributed by atoms with van der Waals surface area (Å²) in [5.74, 6) is 0. The van der Waals surface area contributed by atoms with Gasteiger partial charge in [-0.05, 0) is 23.2 Å². The Labute approximate surface area is 98.0 Å². The maximum absolute atomic E-state index is 10.2. The fraction of sp³-hybridized carbons (Fsp3) is 0.0833. The van der Waals surface area contributed by atoms with Crippen molar-refractivity contribution in [1.29, 1.82) is 0 Å². The number of pyridine rings is 1. The molecular weight excluding hydrogens is 216 g/mol. The third kappa shape index (κ3) is 2.42. The summed E-state index contributed by atoms with van der Waals surface area (Å²) in [4.78, 5) is 6.78. The lowest BCUT2D eigenvalue weighted by molar-refractivity contribution is 0.216. The number of nitrogens with zero attached hydrogens (tertiary/aromatic N) is 4. The second kappa shape index (κ2) is 5.12. The van der Waals surface area contributed by atoms with Gasteiger partial charge in [0.1, 0.15) is 6.10 Å². The zero-order chi connectivity index (χ0) is 12.1. The smallest absolute Gasteiger partial charge is 0.121 e. The van der Waals surface area contributed by atoms with E-state index in [9.17, 15) is 5.11 Å². The lowest BCUT2D eigenvalue weighted by atomic mass is 10.1. The monoisotopic (exact) mass is 226 g/mol. The van der Waals surface area contributed by atoms with Crippen LogP contribution in [0.2, 0.25) is 0 Å². The molecule has 0 fully saturated rings. The van der Waals surface area contributed by atoms with E-state index in [0.29, 0.717) is 16.9 Å². The number of aromatic nitrogens is 1. The van der Waals surface area contributed by atoms with E-state index < -0.39 is 6.10 Å². The zero-order valence-corrected chi connectivity index (χ0v) is 8.93. The molecular formula is C12H10N4O. The van der Waals surface area contributed by atoms with Crippen LogP contribution in [-0.4, -0.2) is 10.1 Å². The van der Waals surface area contributed by atoms with E-state index in [1.165, 1.54) is 0 Å². The van der Waals surface area contributed by atoms with E-state index in [4.69, 9.17) is 5.53 Å². The Morgan fingerprint density at radius 2 is 1.94 bits per heavy atom. The van der Waals surface area contributed by atoms with Crippen molar-refractivity contribution in [1.82, 2.24) is 4.98 Å². The average molecular weight is 226 g/mol. The van der Waals surface area contributed by atoms with Gasteiger partial charge in [0.25, 0.3) is 0 Å². The van der Waals surface area contributed by atoms with Crippen molar-refractivity contribution in [2.75, 3.05) is 0 Å². The number of aliphatic hydroxyl groups is 1. The van der Waals surface area contributed by atoms with Gasteiger partial charge in [-0.15, -0.1) is 0 Å². The van der Waals surface area contributed by atoms with Crippen LogP contribution in [0, 0.1) is 0 Å². The van der Waals surface area contributed by atoms with Gasteiger partial charge in [-0.2, -0.15) is 0 Å². The van der Waals surface area contributed by atoms with E-state index in [1.807, 2.05) is 18.2 Å². The van der Waals surface area contributed by atoms with Crippen molar-refractivity contribution < 1.29 is 5.11 Å². The first kappa shape index (κ1) is 11.1. The predicted octanol–water partition coefficient (Wildman–Crippen LogP) is 3.11. The number of aliphatic hydroxyl groups excluding tert-OH is 1. The van der Waals surface area contributed by atoms with Gasteiger partial charge in [-0.1, -0.05) is 35.4 Å². The fourth-order valence-electron chi connectivity index (χ4n) is 1.55. The molecule has 0 spiro atoms. The van der Waals surface area contributed by atoms with Gasteiger partial charge in [-0.3, -0.25) is 4.98 Å². The van der Waals surface area contributed by atoms with Gasteiger partial charge in [0.05, 0.1) is 11.4 Å². The lowest BCUT2D eigenvalue weighted by Gasteiger charge is -2.11. The summed E-state index contributed by atoms with van der Waals surface area (Å²) >= 11 is 0. The third-order valence-electron chi connectivity index (χ3n) is 2.34. The zero-order valence-electron chi connectivity index (χ0n) is 8.93. The van der Waals surface area contributed by atoms with Crippen molar-refractivity contribution >= 4 is 5.69 Å². The van der Waals surface area contributed by atoms with E-state index in [-0.39, 0.29) is 0 Å². The van der Waals surface area contributed by atoms with Crippen LogP contribution in [-0.2, 0) is 0 Å². The van der Waals surface area contributed by atoms with Crippen molar-refractivity contribution in [2.45, 2.75) is 6.10 Å². The minimum Gasteiger partial charge on any atom is -0.382 e. The van der Waals surface area contributed by atoms with Crippen LogP contribution in [0.3, 0.4) is 0 Å². The van der Waals surface area contributed by atoms with Gasteiger partial charge in [-0.25, -0.2) is 0 Å². The van der Waals surface area contributed by atoms with E-state index in [1.54, 1.807) is 30.5 Å². The largest absolute Gasteiger partial charge is 0.382 e. The second-order valence-corrected chi connectivity index (χ2v) is 3.41. The molecule has 2 rings (SSSR count). The molecule has 0 saturated carbocycles. The number of rotatable bonds is 3. The summed E-state index contributed by atoms with van der Waals surface area (Å²) in [6.45, 7) is 0. The molecule has 0 amide bonds. The first-order valence-corrected chi connectivity index (χ1v) is 5.06. The minimum absolute atomic E-state index is 0.339. The standard InChI is InChI=1S/C12H10N4O/c13-16-15-10-7-4-8-14-11(10)12(17)9-5-2-1-3-6-9/h1-8,12,17H. The van der Waals surface area contributed by atoms with Gasteiger partial charge < -0.3 is 5.11 Å². The average Bonchev–Trinajstić information content (AvgIpc) is 2.40. The summed E-state index contributed by atoms with van der Waals surface area (Å²) < 4.78 is 0. The molecule has 0 saturated heterocycles. The third-order valence-corrected chi connectivity index (χ3v) is 2.34. The number of azide groups is 1. The Morgan fingerprint density at radius 1 is 1.18 bits per heavy atom. The van der Waals surface area contributed by atoms with Crippen LogP contribution in [0.5, 0.6) is 0 Å². The highest BCUT2D eigenvalue weighted by atomic mass is 16.3. The first-order chi connectivity index (χ1) is 8.33. The minimum atomic E-state index is -0.891. The topological polar surface area (TPSA) is 81.9 Å². The van der Waals surface area contributed by atoms with Crippen molar-refractivity contribution in [3.63, 3.8) is 0 Å². The Hall–Kier alpha value is -2.36. The Bertz CT molecular complexity index is 549. The molecule has 0 aliphatic rings. The number of hydrogen-bond donors (Lipinski definition) is 1. The first-order valence-electron chi connectivity index (χ1n) is 5.06. The molecule has 5 nitrogen and oxygen atoms in total. The van der Waals surface area contributed by atoms with Crippen LogP contribution in [0.25, 0.3) is 10.4 Å². The number of benzene rings is 1. The second-order valence-electron chi connectivity index (χ2n) is 3.41. The molecule has 1 atom stereocenters. The van der Waals surface area contributed by atoms with E-state index >= 15 is 0 Å². The number of hydrogen-bond acceptors (Lipinski definition) is 3. The maximum Gasteiger partial charge on any atom is 0.121 e. The van der Waals surface area contributed by atoms with Gasteiger partial charge in [0, 0.05) is 11.1 Å².